The van der Waals surface area contributed by atoms with Crippen LogP contribution in [0, 0.1) is 0 Å². The molecule has 0 atom stereocenters. The molecule has 0 radical (unpaired) electrons. The third-order valence-corrected chi connectivity index (χ3v) is 7.64. The number of hydrogen-bond donors (Lipinski definition) is 0. The summed E-state index contributed by atoms with van der Waals surface area (Å²) >= 11 is 0. The van der Waals surface area contributed by atoms with Gasteiger partial charge in [-0.2, -0.15) is 43.9 Å². The standard InChI is InChI=1S/C4H3F7NO4S2.C2H3F3NO4S2.2Li/c1-2(5,6)17(13,14)12-18(15,16)4(10,11)3(7,8)9;1-11(7,8)6-12(9,10)2(3,4)5;;/h1H3;1H3;;/q2*-1;2*+1. The summed E-state index contributed by atoms with van der Waals surface area (Å²) in [7, 11) is -23.9. The van der Waals surface area contributed by atoms with E-state index in [4.69, 9.17) is 0 Å². The molecule has 0 aliphatic heterocycles. The largest absolute Gasteiger partial charge is 1.00 e. The molecule has 0 bridgehead atoms. The van der Waals surface area contributed by atoms with Crippen molar-refractivity contribution in [3.05, 3.63) is 8.25 Å². The Bertz CT molecular complexity index is 1040. The second kappa shape index (κ2) is 11.3. The van der Waals surface area contributed by atoms with E-state index in [1.54, 1.807) is 4.13 Å². The molecule has 0 N–H and O–H groups in total. The summed E-state index contributed by atoms with van der Waals surface area (Å²) in [5.74, 6) is 0. The minimum atomic E-state index is -7.06. The summed E-state index contributed by atoms with van der Waals surface area (Å²) in [6.07, 6.45) is -6.45. The van der Waals surface area contributed by atoms with E-state index in [1.807, 2.05) is 0 Å². The average molecular weight is 566 g/mol. The van der Waals surface area contributed by atoms with Crippen molar-refractivity contribution in [3.8, 4) is 0 Å². The van der Waals surface area contributed by atoms with Crippen molar-refractivity contribution in [2.75, 3.05) is 6.26 Å². The van der Waals surface area contributed by atoms with E-state index in [0.717, 1.165) is 4.13 Å². The zero-order valence-corrected chi connectivity index (χ0v) is 18.8. The second-order valence-corrected chi connectivity index (χ2v) is 11.8. The first-order valence-electron chi connectivity index (χ1n) is 5.72. The Hall–Kier alpha value is 0.215. The molecule has 184 valence electrons. The normalized spacial score (nSPS) is 14.4. The van der Waals surface area contributed by atoms with E-state index in [9.17, 15) is 77.6 Å². The van der Waals surface area contributed by atoms with Crippen LogP contribution in [0.2, 0.25) is 0 Å². The Morgan fingerprint density at radius 1 is 0.562 bits per heavy atom. The van der Waals surface area contributed by atoms with E-state index in [0.29, 0.717) is 0 Å². The van der Waals surface area contributed by atoms with Crippen molar-refractivity contribution in [2.45, 2.75) is 29.1 Å². The zero-order valence-electron chi connectivity index (χ0n) is 15.6. The monoisotopic (exact) mass is 566 g/mol. The van der Waals surface area contributed by atoms with Crippen LogP contribution in [0.1, 0.15) is 6.92 Å². The van der Waals surface area contributed by atoms with Crippen molar-refractivity contribution in [2.24, 2.45) is 0 Å². The Morgan fingerprint density at radius 2 is 0.875 bits per heavy atom. The Labute approximate surface area is 198 Å². The minimum absolute atomic E-state index is 0. The molecular formula is C6H6F10Li2N2O8S4. The summed E-state index contributed by atoms with van der Waals surface area (Å²) in [5.41, 5.74) is -5.67. The van der Waals surface area contributed by atoms with Gasteiger partial charge >= 0.3 is 59.9 Å². The van der Waals surface area contributed by atoms with Crippen molar-refractivity contribution < 1.29 is 115 Å². The maximum Gasteiger partial charge on any atom is 1.00 e. The summed E-state index contributed by atoms with van der Waals surface area (Å²) < 4.78 is 203. The van der Waals surface area contributed by atoms with Crippen LogP contribution >= 0.6 is 0 Å². The molecule has 0 fully saturated rings. The van der Waals surface area contributed by atoms with E-state index in [1.165, 1.54) is 0 Å². The molecule has 0 amide bonds. The molecule has 0 heterocycles. The first kappa shape index (κ1) is 39.4. The molecule has 0 aromatic carbocycles. The van der Waals surface area contributed by atoms with E-state index in [-0.39, 0.29) is 44.0 Å². The number of rotatable bonds is 6. The summed E-state index contributed by atoms with van der Waals surface area (Å²) in [4.78, 5) is 0. The van der Waals surface area contributed by atoms with Crippen LogP contribution in [0.5, 0.6) is 0 Å². The van der Waals surface area contributed by atoms with Gasteiger partial charge in [-0.15, -0.1) is 0 Å². The van der Waals surface area contributed by atoms with Crippen LogP contribution in [-0.2, 0) is 40.1 Å². The topological polar surface area (TPSA) is 165 Å². The average Bonchev–Trinajstić information content (AvgIpc) is 2.30. The van der Waals surface area contributed by atoms with Gasteiger partial charge in [-0.3, -0.25) is 0 Å². The van der Waals surface area contributed by atoms with Crippen LogP contribution in [-0.4, -0.2) is 62.1 Å². The first-order chi connectivity index (χ1) is 12.4. The second-order valence-electron chi connectivity index (χ2n) is 4.58. The molecule has 32 heavy (non-hydrogen) atoms. The Morgan fingerprint density at radius 3 is 1.03 bits per heavy atom. The van der Waals surface area contributed by atoms with Crippen molar-refractivity contribution >= 4 is 40.1 Å². The fourth-order valence-electron chi connectivity index (χ4n) is 0.608. The fourth-order valence-corrected chi connectivity index (χ4v) is 4.60. The van der Waals surface area contributed by atoms with Crippen molar-refractivity contribution in [3.63, 3.8) is 0 Å². The predicted octanol–water partition coefficient (Wildman–Crippen LogP) is -4.04. The molecule has 0 spiro atoms. The molecule has 0 rings (SSSR count). The van der Waals surface area contributed by atoms with E-state index < -0.39 is 69.2 Å². The fraction of sp³-hybridized carbons (Fsp3) is 1.00. The van der Waals surface area contributed by atoms with Gasteiger partial charge in [-0.25, -0.2) is 33.7 Å². The molecule has 0 aliphatic rings. The van der Waals surface area contributed by atoms with Gasteiger partial charge in [0.2, 0.25) is 0 Å². The van der Waals surface area contributed by atoms with Crippen LogP contribution in [0.25, 0.3) is 8.25 Å². The summed E-state index contributed by atoms with van der Waals surface area (Å²) in [5, 5.41) is -11.5. The van der Waals surface area contributed by atoms with Crippen molar-refractivity contribution in [1.29, 1.82) is 0 Å². The Kier molecular flexibility index (Phi) is 13.9. The molecule has 0 saturated carbocycles. The molecular weight excluding hydrogens is 560 g/mol. The Balaban J connectivity index is -0.000000247. The van der Waals surface area contributed by atoms with Gasteiger partial charge in [0.15, 0.2) is 20.0 Å². The van der Waals surface area contributed by atoms with E-state index >= 15 is 0 Å². The van der Waals surface area contributed by atoms with Crippen LogP contribution < -0.4 is 37.7 Å². The smallest absolute Gasteiger partial charge is 0.429 e. The van der Waals surface area contributed by atoms with Crippen LogP contribution in [0.15, 0.2) is 0 Å². The molecule has 0 aromatic rings. The first-order valence-corrected chi connectivity index (χ1v) is 11.9. The molecule has 0 saturated heterocycles. The zero-order chi connectivity index (χ0) is 25.4. The van der Waals surface area contributed by atoms with Gasteiger partial charge < -0.3 is 8.25 Å². The third-order valence-electron chi connectivity index (χ3n) is 1.83. The van der Waals surface area contributed by atoms with E-state index in [2.05, 4.69) is 0 Å². The molecule has 0 aromatic heterocycles. The number of sulfonamides is 4. The molecule has 0 unspecified atom stereocenters. The van der Waals surface area contributed by atoms with Crippen molar-refractivity contribution in [1.82, 2.24) is 0 Å². The maximum atomic E-state index is 12.3. The number of alkyl halides is 10. The van der Waals surface area contributed by atoms with Gasteiger partial charge in [-0.1, -0.05) is 0 Å². The van der Waals surface area contributed by atoms with Gasteiger partial charge in [0, 0.05) is 13.2 Å². The predicted molar refractivity (Wildman–Crippen MR) is 76.0 cm³/mol. The summed E-state index contributed by atoms with van der Waals surface area (Å²) in [6.45, 7) is -0.437. The summed E-state index contributed by atoms with van der Waals surface area (Å²) in [6, 6.07) is 0. The quantitative estimate of drug-likeness (QED) is 0.232. The van der Waals surface area contributed by atoms with Gasteiger partial charge in [0.1, 0.15) is 10.0 Å². The van der Waals surface area contributed by atoms with Crippen LogP contribution in [0.3, 0.4) is 0 Å². The number of hydrogen-bond acceptors (Lipinski definition) is 8. The van der Waals surface area contributed by atoms with Gasteiger partial charge in [-0.05, 0) is 0 Å². The SMILES string of the molecule is CC(F)(F)S(=O)(=O)[N-]S(=O)(=O)C(F)(F)C(F)(F)F.CS(=O)(=O)[N-]S(=O)(=O)C(F)(F)F.[Li+].[Li+]. The molecule has 0 aliphatic carbocycles. The number of halogens is 10. The van der Waals surface area contributed by atoms with Gasteiger partial charge in [0.05, 0.1) is 10.0 Å². The van der Waals surface area contributed by atoms with Crippen LogP contribution in [0.4, 0.5) is 43.9 Å². The third kappa shape index (κ3) is 11.1. The number of nitrogens with zero attached hydrogens (tertiary/aromatic N) is 2. The molecule has 10 nitrogen and oxygen atoms in total. The molecule has 26 heteroatoms. The minimum Gasteiger partial charge on any atom is -0.429 e. The maximum absolute atomic E-state index is 12.3. The van der Waals surface area contributed by atoms with Gasteiger partial charge in [0.25, 0.3) is 0 Å².